The summed E-state index contributed by atoms with van der Waals surface area (Å²) >= 11 is 0. The number of phenolic OH excluding ortho intramolecular Hbond substituents is 1. The maximum atomic E-state index is 13.7. The average molecular weight is 260 g/mol. The van der Waals surface area contributed by atoms with Crippen LogP contribution < -0.4 is 0 Å². The fourth-order valence-corrected chi connectivity index (χ4v) is 1.78. The molecule has 0 aliphatic carbocycles. The molecule has 0 spiro atoms. The number of nitrogens with zero attached hydrogens (tertiary/aromatic N) is 2. The highest BCUT2D eigenvalue weighted by molar-refractivity contribution is 5.65. The van der Waals surface area contributed by atoms with E-state index in [1.54, 1.807) is 13.0 Å². The van der Waals surface area contributed by atoms with Crippen molar-refractivity contribution in [2.45, 2.75) is 6.92 Å². The van der Waals surface area contributed by atoms with Gasteiger partial charge in [0.05, 0.1) is 11.8 Å². The second-order valence-corrected chi connectivity index (χ2v) is 3.95. The van der Waals surface area contributed by atoms with Crippen LogP contribution in [0, 0.1) is 12.7 Å². The fourth-order valence-electron chi connectivity index (χ4n) is 1.78. The number of phenols is 1. The van der Waals surface area contributed by atoms with Crippen LogP contribution in [0.3, 0.4) is 0 Å². The topological polar surface area (TPSA) is 72.3 Å². The van der Waals surface area contributed by atoms with Crippen molar-refractivity contribution in [1.82, 2.24) is 10.1 Å². The van der Waals surface area contributed by atoms with Crippen molar-refractivity contribution in [1.29, 1.82) is 0 Å². The number of aromatic nitrogens is 2. The minimum absolute atomic E-state index is 0.0776. The van der Waals surface area contributed by atoms with Crippen molar-refractivity contribution in [3.63, 3.8) is 0 Å². The molecular formula is C13H9FN2O3. The zero-order valence-corrected chi connectivity index (χ0v) is 9.92. The van der Waals surface area contributed by atoms with E-state index in [1.165, 1.54) is 24.5 Å². The zero-order chi connectivity index (χ0) is 13.4. The number of hydrogen-bond donors (Lipinski definition) is 1. The summed E-state index contributed by atoms with van der Waals surface area (Å²) in [5.41, 5.74) is 0.549. The predicted molar refractivity (Wildman–Crippen MR) is 63.8 cm³/mol. The lowest BCUT2D eigenvalue weighted by Crippen LogP contribution is -1.86. The minimum atomic E-state index is -0.626. The van der Waals surface area contributed by atoms with E-state index in [0.717, 1.165) is 0 Å². The highest BCUT2D eigenvalue weighted by atomic mass is 19.1. The van der Waals surface area contributed by atoms with Crippen molar-refractivity contribution in [2.75, 3.05) is 0 Å². The van der Waals surface area contributed by atoms with Gasteiger partial charge in [-0.2, -0.15) is 4.98 Å². The second-order valence-electron chi connectivity index (χ2n) is 3.95. The third-order valence-electron chi connectivity index (χ3n) is 2.73. The SMILES string of the molecule is Cc1occc1-c1noc(-c2c(O)cccc2F)n1. The summed E-state index contributed by atoms with van der Waals surface area (Å²) in [6.45, 7) is 1.76. The van der Waals surface area contributed by atoms with Gasteiger partial charge in [0.25, 0.3) is 5.89 Å². The van der Waals surface area contributed by atoms with Crippen molar-refractivity contribution >= 4 is 0 Å². The highest BCUT2D eigenvalue weighted by Gasteiger charge is 2.19. The van der Waals surface area contributed by atoms with Gasteiger partial charge in [-0.25, -0.2) is 4.39 Å². The van der Waals surface area contributed by atoms with E-state index in [2.05, 4.69) is 10.1 Å². The molecule has 0 bridgehead atoms. The van der Waals surface area contributed by atoms with Gasteiger partial charge in [0.1, 0.15) is 22.9 Å². The summed E-state index contributed by atoms with van der Waals surface area (Å²) in [6.07, 6.45) is 1.50. The first kappa shape index (κ1) is 11.5. The molecule has 2 heterocycles. The van der Waals surface area contributed by atoms with Crippen LogP contribution in [0.5, 0.6) is 5.75 Å². The molecule has 5 nitrogen and oxygen atoms in total. The number of furan rings is 1. The highest BCUT2D eigenvalue weighted by Crippen LogP contribution is 2.32. The van der Waals surface area contributed by atoms with Gasteiger partial charge in [0.2, 0.25) is 5.82 Å². The largest absolute Gasteiger partial charge is 0.507 e. The van der Waals surface area contributed by atoms with Gasteiger partial charge in [0.15, 0.2) is 0 Å². The lowest BCUT2D eigenvalue weighted by molar-refractivity contribution is 0.421. The smallest absolute Gasteiger partial charge is 0.265 e. The van der Waals surface area contributed by atoms with E-state index in [9.17, 15) is 9.50 Å². The summed E-state index contributed by atoms with van der Waals surface area (Å²) in [7, 11) is 0. The van der Waals surface area contributed by atoms with Crippen molar-refractivity contribution in [3.05, 3.63) is 42.1 Å². The molecule has 0 unspecified atom stereocenters. The molecule has 1 aromatic carbocycles. The van der Waals surface area contributed by atoms with Crippen molar-refractivity contribution in [2.24, 2.45) is 0 Å². The number of hydrogen-bond acceptors (Lipinski definition) is 5. The first-order valence-corrected chi connectivity index (χ1v) is 5.53. The van der Waals surface area contributed by atoms with E-state index >= 15 is 0 Å². The third kappa shape index (κ3) is 1.87. The lowest BCUT2D eigenvalue weighted by atomic mass is 10.2. The number of aromatic hydroxyl groups is 1. The van der Waals surface area contributed by atoms with Crippen LogP contribution in [0.1, 0.15) is 5.76 Å². The molecule has 0 saturated carbocycles. The molecule has 0 saturated heterocycles. The summed E-state index contributed by atoms with van der Waals surface area (Å²) in [6, 6.07) is 5.64. The monoisotopic (exact) mass is 260 g/mol. The molecular weight excluding hydrogens is 251 g/mol. The molecule has 3 rings (SSSR count). The predicted octanol–water partition coefficient (Wildman–Crippen LogP) is 3.15. The molecule has 96 valence electrons. The van der Waals surface area contributed by atoms with E-state index in [4.69, 9.17) is 8.94 Å². The van der Waals surface area contributed by atoms with Crippen LogP contribution >= 0.6 is 0 Å². The average Bonchev–Trinajstić information content (AvgIpc) is 2.98. The first-order chi connectivity index (χ1) is 9.16. The van der Waals surface area contributed by atoms with E-state index in [1.807, 2.05) is 0 Å². The van der Waals surface area contributed by atoms with Crippen LogP contribution in [0.4, 0.5) is 4.39 Å². The van der Waals surface area contributed by atoms with Gasteiger partial charge < -0.3 is 14.0 Å². The normalized spacial score (nSPS) is 10.8. The molecule has 3 aromatic rings. The molecule has 0 aliphatic rings. The third-order valence-corrected chi connectivity index (χ3v) is 2.73. The molecule has 0 radical (unpaired) electrons. The van der Waals surface area contributed by atoms with Gasteiger partial charge in [-0.05, 0) is 25.1 Å². The molecule has 1 N–H and O–H groups in total. The van der Waals surface area contributed by atoms with Crippen LogP contribution in [0.15, 0.2) is 39.5 Å². The maximum Gasteiger partial charge on any atom is 0.265 e. The van der Waals surface area contributed by atoms with Gasteiger partial charge in [-0.15, -0.1) is 0 Å². The number of rotatable bonds is 2. The summed E-state index contributed by atoms with van der Waals surface area (Å²) in [5.74, 6) is -0.0431. The molecule has 19 heavy (non-hydrogen) atoms. The Balaban J connectivity index is 2.10. The van der Waals surface area contributed by atoms with Crippen molar-refractivity contribution < 1.29 is 18.4 Å². The van der Waals surface area contributed by atoms with E-state index < -0.39 is 5.82 Å². The Morgan fingerprint density at radius 3 is 2.79 bits per heavy atom. The molecule has 0 aliphatic heterocycles. The van der Waals surface area contributed by atoms with E-state index in [0.29, 0.717) is 11.3 Å². The quantitative estimate of drug-likeness (QED) is 0.766. The second kappa shape index (κ2) is 4.24. The summed E-state index contributed by atoms with van der Waals surface area (Å²) < 4.78 is 23.8. The van der Waals surface area contributed by atoms with Gasteiger partial charge in [0, 0.05) is 0 Å². The molecule has 2 aromatic heterocycles. The first-order valence-electron chi connectivity index (χ1n) is 5.53. The molecule has 0 fully saturated rings. The number of halogens is 1. The maximum absolute atomic E-state index is 13.7. The van der Waals surface area contributed by atoms with Gasteiger partial charge in [-0.1, -0.05) is 11.2 Å². The number of benzene rings is 1. The van der Waals surface area contributed by atoms with Crippen LogP contribution in [0.2, 0.25) is 0 Å². The molecule has 0 atom stereocenters. The Kier molecular flexibility index (Phi) is 2.56. The summed E-state index contributed by atoms with van der Waals surface area (Å²) in [4.78, 5) is 4.07. The van der Waals surface area contributed by atoms with Gasteiger partial charge >= 0.3 is 0 Å². The Morgan fingerprint density at radius 2 is 2.11 bits per heavy atom. The Bertz CT molecular complexity index is 713. The standard InChI is InChI=1S/C13H9FN2O3/c1-7-8(5-6-18-7)12-15-13(19-16-12)11-9(14)3-2-4-10(11)17/h2-6,17H,1H3. The van der Waals surface area contributed by atoms with Gasteiger partial charge in [-0.3, -0.25) is 0 Å². The molecule has 6 heteroatoms. The Morgan fingerprint density at radius 1 is 1.26 bits per heavy atom. The minimum Gasteiger partial charge on any atom is -0.507 e. The van der Waals surface area contributed by atoms with E-state index in [-0.39, 0.29) is 23.0 Å². The van der Waals surface area contributed by atoms with Crippen LogP contribution in [-0.4, -0.2) is 15.2 Å². The van der Waals surface area contributed by atoms with Crippen molar-refractivity contribution in [3.8, 4) is 28.6 Å². The lowest BCUT2D eigenvalue weighted by Gasteiger charge is -1.99. The molecule has 0 amide bonds. The van der Waals surface area contributed by atoms with Crippen LogP contribution in [0.25, 0.3) is 22.8 Å². The Labute approximate surface area is 107 Å². The fraction of sp³-hybridized carbons (Fsp3) is 0.0769. The van der Waals surface area contributed by atoms with Crippen LogP contribution in [-0.2, 0) is 0 Å². The zero-order valence-electron chi connectivity index (χ0n) is 9.92. The number of aryl methyl sites for hydroxylation is 1. The summed E-state index contributed by atoms with van der Waals surface area (Å²) in [5, 5.41) is 13.4. The Hall–Kier alpha value is -2.63.